The first kappa shape index (κ1) is 13.4. The predicted octanol–water partition coefficient (Wildman–Crippen LogP) is 2.56. The fourth-order valence-corrected chi connectivity index (χ4v) is 3.86. The summed E-state index contributed by atoms with van der Waals surface area (Å²) in [4.78, 5) is 15.2. The fourth-order valence-electron chi connectivity index (χ4n) is 3.86. The Morgan fingerprint density at radius 3 is 2.53 bits per heavy atom. The van der Waals surface area contributed by atoms with Crippen LogP contribution < -0.4 is 5.32 Å². The second-order valence-electron chi connectivity index (χ2n) is 7.17. The highest BCUT2D eigenvalue weighted by atomic mass is 16.2. The molecule has 0 aromatic carbocycles. The molecule has 1 unspecified atom stereocenters. The third-order valence-corrected chi connectivity index (χ3v) is 5.33. The summed E-state index contributed by atoms with van der Waals surface area (Å²) in [7, 11) is 0. The van der Waals surface area contributed by atoms with Crippen molar-refractivity contribution >= 4 is 5.91 Å². The first-order chi connectivity index (χ1) is 9.19. The molecule has 3 rings (SSSR count). The summed E-state index contributed by atoms with van der Waals surface area (Å²) in [6.45, 7) is 5.47. The van der Waals surface area contributed by atoms with Crippen LogP contribution in [0.1, 0.15) is 58.3 Å². The van der Waals surface area contributed by atoms with Crippen LogP contribution in [0.4, 0.5) is 0 Å². The van der Waals surface area contributed by atoms with E-state index in [9.17, 15) is 4.79 Å². The van der Waals surface area contributed by atoms with E-state index in [-0.39, 0.29) is 5.41 Å². The van der Waals surface area contributed by atoms with Gasteiger partial charge in [-0.05, 0) is 57.5 Å². The van der Waals surface area contributed by atoms with Gasteiger partial charge in [-0.3, -0.25) is 4.79 Å². The van der Waals surface area contributed by atoms with E-state index in [2.05, 4.69) is 17.1 Å². The van der Waals surface area contributed by atoms with Gasteiger partial charge in [-0.1, -0.05) is 19.8 Å². The van der Waals surface area contributed by atoms with Crippen molar-refractivity contribution in [3.05, 3.63) is 0 Å². The third kappa shape index (κ3) is 2.96. The Bertz CT molecular complexity index is 326. The number of nitrogens with zero attached hydrogens (tertiary/aromatic N) is 1. The van der Waals surface area contributed by atoms with Gasteiger partial charge in [-0.25, -0.2) is 0 Å². The Hall–Kier alpha value is -0.570. The lowest BCUT2D eigenvalue weighted by atomic mass is 9.86. The fraction of sp³-hybridized carbons (Fsp3) is 0.938. The zero-order valence-electron chi connectivity index (χ0n) is 12.3. The number of carbonyl (C=O) groups is 1. The van der Waals surface area contributed by atoms with E-state index in [0.29, 0.717) is 17.9 Å². The van der Waals surface area contributed by atoms with Gasteiger partial charge >= 0.3 is 0 Å². The van der Waals surface area contributed by atoms with Gasteiger partial charge < -0.3 is 10.2 Å². The SMILES string of the molecule is CC1(C(=O)N(CC2CCCNC2)C2CC2)CCCC1. The van der Waals surface area contributed by atoms with E-state index in [1.165, 1.54) is 38.5 Å². The first-order valence-electron chi connectivity index (χ1n) is 8.21. The number of nitrogens with one attached hydrogen (secondary N) is 1. The van der Waals surface area contributed by atoms with Crippen molar-refractivity contribution in [1.82, 2.24) is 10.2 Å². The second-order valence-corrected chi connectivity index (χ2v) is 7.17. The summed E-state index contributed by atoms with van der Waals surface area (Å²) in [6.07, 6.45) is 9.74. The molecule has 1 amide bonds. The van der Waals surface area contributed by atoms with Gasteiger partial charge in [0.15, 0.2) is 0 Å². The minimum Gasteiger partial charge on any atom is -0.339 e. The van der Waals surface area contributed by atoms with Crippen LogP contribution in [-0.2, 0) is 4.79 Å². The molecule has 3 fully saturated rings. The van der Waals surface area contributed by atoms with Crippen molar-refractivity contribution in [2.75, 3.05) is 19.6 Å². The molecule has 0 aromatic heterocycles. The molecule has 3 heteroatoms. The van der Waals surface area contributed by atoms with Crippen molar-refractivity contribution in [2.45, 2.75) is 64.3 Å². The van der Waals surface area contributed by atoms with E-state index in [0.717, 1.165) is 32.5 Å². The van der Waals surface area contributed by atoms with Crippen molar-refractivity contribution in [2.24, 2.45) is 11.3 Å². The largest absolute Gasteiger partial charge is 0.339 e. The van der Waals surface area contributed by atoms with Crippen LogP contribution in [0.3, 0.4) is 0 Å². The zero-order chi connectivity index (χ0) is 13.3. The smallest absolute Gasteiger partial charge is 0.228 e. The molecule has 2 saturated carbocycles. The minimum absolute atomic E-state index is 0.0370. The summed E-state index contributed by atoms with van der Waals surface area (Å²) in [6, 6.07) is 0.576. The number of piperidine rings is 1. The van der Waals surface area contributed by atoms with Gasteiger partial charge in [-0.15, -0.1) is 0 Å². The van der Waals surface area contributed by atoms with Crippen LogP contribution in [-0.4, -0.2) is 36.5 Å². The highest BCUT2D eigenvalue weighted by Gasteiger charge is 2.44. The third-order valence-electron chi connectivity index (χ3n) is 5.33. The molecule has 3 aliphatic rings. The Labute approximate surface area is 117 Å². The minimum atomic E-state index is -0.0370. The molecule has 2 aliphatic carbocycles. The highest BCUT2D eigenvalue weighted by Crippen LogP contribution is 2.42. The maximum Gasteiger partial charge on any atom is 0.228 e. The maximum atomic E-state index is 12.9. The van der Waals surface area contributed by atoms with E-state index in [4.69, 9.17) is 0 Å². The Kier molecular flexibility index (Phi) is 3.84. The molecular weight excluding hydrogens is 236 g/mol. The van der Waals surface area contributed by atoms with E-state index >= 15 is 0 Å². The lowest BCUT2D eigenvalue weighted by molar-refractivity contribution is -0.142. The normalized spacial score (nSPS) is 30.3. The molecule has 1 saturated heterocycles. The number of hydrogen-bond acceptors (Lipinski definition) is 2. The predicted molar refractivity (Wildman–Crippen MR) is 76.9 cm³/mol. The van der Waals surface area contributed by atoms with Gasteiger partial charge in [0.25, 0.3) is 0 Å². The van der Waals surface area contributed by atoms with Crippen molar-refractivity contribution < 1.29 is 4.79 Å². The quantitative estimate of drug-likeness (QED) is 0.846. The number of amides is 1. The molecule has 19 heavy (non-hydrogen) atoms. The number of rotatable bonds is 4. The summed E-state index contributed by atoms with van der Waals surface area (Å²) in [5, 5.41) is 3.48. The molecule has 1 atom stereocenters. The van der Waals surface area contributed by atoms with Crippen LogP contribution >= 0.6 is 0 Å². The second kappa shape index (κ2) is 5.43. The van der Waals surface area contributed by atoms with Gasteiger partial charge in [0.2, 0.25) is 5.91 Å². The molecule has 1 aliphatic heterocycles. The first-order valence-corrected chi connectivity index (χ1v) is 8.21. The summed E-state index contributed by atoms with van der Waals surface area (Å²) in [5.74, 6) is 1.15. The molecule has 1 N–H and O–H groups in total. The van der Waals surface area contributed by atoms with Crippen LogP contribution in [0.25, 0.3) is 0 Å². The molecular formula is C16H28N2O. The zero-order valence-corrected chi connectivity index (χ0v) is 12.3. The molecule has 3 nitrogen and oxygen atoms in total. The monoisotopic (exact) mass is 264 g/mol. The van der Waals surface area contributed by atoms with Crippen LogP contribution in [0.15, 0.2) is 0 Å². The Balaban J connectivity index is 1.64. The molecule has 1 heterocycles. The topological polar surface area (TPSA) is 32.3 Å². The lowest BCUT2D eigenvalue weighted by Crippen LogP contribution is -2.47. The van der Waals surface area contributed by atoms with Gasteiger partial charge in [0.05, 0.1) is 0 Å². The molecule has 108 valence electrons. The van der Waals surface area contributed by atoms with Crippen LogP contribution in [0, 0.1) is 11.3 Å². The van der Waals surface area contributed by atoms with E-state index in [1.54, 1.807) is 0 Å². The average Bonchev–Trinajstić information content (AvgIpc) is 3.18. The summed E-state index contributed by atoms with van der Waals surface area (Å²) < 4.78 is 0. The highest BCUT2D eigenvalue weighted by molar-refractivity contribution is 5.83. The van der Waals surface area contributed by atoms with Crippen molar-refractivity contribution in [3.8, 4) is 0 Å². The molecule has 0 bridgehead atoms. The van der Waals surface area contributed by atoms with Gasteiger partial charge in [0, 0.05) is 18.0 Å². The van der Waals surface area contributed by atoms with E-state index in [1.807, 2.05) is 0 Å². The van der Waals surface area contributed by atoms with Crippen molar-refractivity contribution in [1.29, 1.82) is 0 Å². The van der Waals surface area contributed by atoms with Crippen LogP contribution in [0.5, 0.6) is 0 Å². The average molecular weight is 264 g/mol. The molecule has 0 radical (unpaired) electrons. The molecule has 0 spiro atoms. The number of hydrogen-bond donors (Lipinski definition) is 1. The molecule has 0 aromatic rings. The standard InChI is InChI=1S/C16H28N2O/c1-16(8-2-3-9-16)15(19)18(14-6-7-14)12-13-5-4-10-17-11-13/h13-14,17H,2-12H2,1H3. The lowest BCUT2D eigenvalue weighted by Gasteiger charge is -2.35. The van der Waals surface area contributed by atoms with Crippen molar-refractivity contribution in [3.63, 3.8) is 0 Å². The number of carbonyl (C=O) groups excluding carboxylic acids is 1. The van der Waals surface area contributed by atoms with Gasteiger partial charge in [0.1, 0.15) is 0 Å². The Morgan fingerprint density at radius 2 is 1.95 bits per heavy atom. The summed E-state index contributed by atoms with van der Waals surface area (Å²) in [5.41, 5.74) is -0.0370. The Morgan fingerprint density at radius 1 is 1.21 bits per heavy atom. The summed E-state index contributed by atoms with van der Waals surface area (Å²) >= 11 is 0. The van der Waals surface area contributed by atoms with Gasteiger partial charge in [-0.2, -0.15) is 0 Å². The van der Waals surface area contributed by atoms with Crippen LogP contribution in [0.2, 0.25) is 0 Å². The van der Waals surface area contributed by atoms with E-state index < -0.39 is 0 Å². The maximum absolute atomic E-state index is 12.9.